The predicted octanol–water partition coefficient (Wildman–Crippen LogP) is 15.0. The van der Waals surface area contributed by atoms with Crippen molar-refractivity contribution in [2.75, 3.05) is 52.2 Å². The standard InChI is InChI=1S/2C37H40F4N4O2S/c1-4-43(5-2)18-19-44(22-26-6-10-28(11-7-26)29-12-14-30(15-13-29)37(39,40)41)34(46)23-45-33-21-25(3)20-32(33)35(47)42-36(45)48-24-27-8-16-31(38)17-9-27;1-4-43(5-2)19-20-44(22-29-12-11-28(21-25(29)3)27-13-15-30(16-14-27)37(39,40)41)34(46)23-45-33-8-6-7-32(33)35(47)42-36(45)48-24-26-9-17-31(38)18-10-26/h6-17,25H,4-5,18-24H2,1-3H3;9-18,21H,4-8,19-20,22-24H2,1-3H3/i8D,9D,16D,17D,18D2,19D2,20D2,21D2,23D2,25D;9D,10D,11D,12D,13D,14D,15D,16D,17D,18D,19D2,20D2,21D,23D2. The number of carbonyl (C=O) groups excluding carboxylic acids is 2. The third kappa shape index (κ3) is 19.0. The third-order valence-corrected chi connectivity index (χ3v) is 16.2. The maximum absolute atomic E-state index is 15.1. The molecule has 96 heavy (non-hydrogen) atoms. The molecule has 22 heteroatoms. The van der Waals surface area contributed by atoms with Crippen LogP contribution in [0.25, 0.3) is 22.3 Å². The number of fused-ring (bicyclic) bond motifs is 2. The molecular weight excluding hydrogens is 1280 g/mol. The molecule has 6 aromatic carbocycles. The van der Waals surface area contributed by atoms with Gasteiger partial charge in [0, 0.05) is 85.4 Å². The zero-order chi connectivity index (χ0) is 97.2. The third-order valence-electron chi connectivity index (χ3n) is 14.3. The Bertz CT molecular complexity index is 5750. The molecule has 10 rings (SSSR count). The first-order valence-electron chi connectivity index (χ1n) is 45.4. The highest BCUT2D eigenvalue weighted by Crippen LogP contribution is 2.35. The van der Waals surface area contributed by atoms with Crippen molar-refractivity contribution in [3.8, 4) is 22.3 Å². The van der Waals surface area contributed by atoms with Gasteiger partial charge in [-0.1, -0.05) is 149 Å². The Labute approximate surface area is 608 Å². The molecule has 0 spiro atoms. The van der Waals surface area contributed by atoms with Gasteiger partial charge in [-0.05, 0) is 169 Å². The lowest BCUT2D eigenvalue weighted by Gasteiger charge is -2.28. The summed E-state index contributed by atoms with van der Waals surface area (Å²) in [6.07, 6.45) is -16.2. The summed E-state index contributed by atoms with van der Waals surface area (Å²) < 4.78 is 389. The number of alkyl halides is 6. The average Bonchev–Trinajstić information content (AvgIpc) is 1.51. The number of aromatic nitrogens is 4. The fourth-order valence-electron chi connectivity index (χ4n) is 9.18. The van der Waals surface area contributed by atoms with Crippen molar-refractivity contribution in [2.24, 2.45) is 5.89 Å². The van der Waals surface area contributed by atoms with Gasteiger partial charge in [0.2, 0.25) is 11.8 Å². The minimum Gasteiger partial charge on any atom is -0.336 e. The van der Waals surface area contributed by atoms with E-state index in [1.54, 1.807) is 0 Å². The molecule has 0 radical (unpaired) electrons. The number of rotatable bonds is 26. The molecule has 0 N–H and O–H groups in total. The Morgan fingerprint density at radius 3 is 1.54 bits per heavy atom. The lowest BCUT2D eigenvalue weighted by Crippen LogP contribution is -2.40. The number of benzene rings is 6. The summed E-state index contributed by atoms with van der Waals surface area (Å²) in [5.41, 5.74) is -10.6. The van der Waals surface area contributed by atoms with Crippen LogP contribution < -0.4 is 11.1 Å². The first kappa shape index (κ1) is 40.7. The van der Waals surface area contributed by atoms with Gasteiger partial charge in [0.15, 0.2) is 10.3 Å². The maximum atomic E-state index is 15.1. The van der Waals surface area contributed by atoms with E-state index < -0.39 is 280 Å². The van der Waals surface area contributed by atoms with E-state index in [0.717, 1.165) is 35.8 Å². The van der Waals surface area contributed by atoms with Crippen molar-refractivity contribution in [2.45, 2.75) is 134 Å². The van der Waals surface area contributed by atoms with E-state index in [9.17, 15) is 55.7 Å². The molecule has 1 atom stereocenters. The van der Waals surface area contributed by atoms with E-state index in [2.05, 4.69) is 9.97 Å². The Morgan fingerprint density at radius 2 is 1.04 bits per heavy atom. The van der Waals surface area contributed by atoms with Crippen LogP contribution in [0.1, 0.15) is 146 Å². The van der Waals surface area contributed by atoms with Gasteiger partial charge >= 0.3 is 12.4 Å². The molecule has 0 aliphatic heterocycles. The molecular formula is C74H80F8N8O4S2. The molecule has 2 amide bonds. The zero-order valence-electron chi connectivity index (χ0n) is 83.9. The van der Waals surface area contributed by atoms with Crippen LogP contribution in [0, 0.1) is 24.5 Å². The second kappa shape index (κ2) is 32.9. The Kier molecular flexibility index (Phi) is 13.9. The van der Waals surface area contributed by atoms with Crippen molar-refractivity contribution in [1.82, 2.24) is 38.7 Å². The van der Waals surface area contributed by atoms with Crippen LogP contribution in [-0.4, -0.2) is 103 Å². The molecule has 2 heterocycles. The Morgan fingerprint density at radius 1 is 0.573 bits per heavy atom. The minimum atomic E-state index is -5.34. The van der Waals surface area contributed by atoms with Crippen LogP contribution >= 0.6 is 23.5 Å². The summed E-state index contributed by atoms with van der Waals surface area (Å²) in [4.78, 5) is 67.0. The van der Waals surface area contributed by atoms with Crippen LogP contribution in [0.4, 0.5) is 35.1 Å². The first-order chi connectivity index (χ1) is 58.6. The summed E-state index contributed by atoms with van der Waals surface area (Å²) in [5.74, 6) is -11.0. The number of carbonyl (C=O) groups is 2. The molecule has 2 aromatic heterocycles. The topological polar surface area (TPSA) is 117 Å². The van der Waals surface area contributed by atoms with Gasteiger partial charge < -0.3 is 28.7 Å². The number of amides is 2. The number of nitrogens with zero attached hydrogens (tertiary/aromatic N) is 8. The SMILES string of the molecule is [2H]c1c([2H])c(CSc2nc(=O)c3c(n2C([2H])([2H])C(=O)N(Cc2c([2H])c([2H])c(-c4c([2H])c([2H])c(C(F)(F)F)c([2H])c4[2H])c([2H])c2C)C([2H])([2H])C([2H])([2H])N(CC)CC)CCC3)c([2H])c([2H])c1F.[2H]c1c([2H])c(CSc2nc(=O)c3c(n2C([2H])([2H])C(=O)N(Cc2ccc(-c4ccc(C(F)(F)F)cc4)cc2)C([2H])([2H])C([2H])([2H])N(CC)CC)C([2H])([2H])C([2H])(C)C3([2H])[2H])c([2H])c([2H])c1F. The van der Waals surface area contributed by atoms with Gasteiger partial charge in [0.1, 0.15) is 24.6 Å². The number of thioether (sulfide) groups is 2. The lowest BCUT2D eigenvalue weighted by molar-refractivity contribution is -0.138. The van der Waals surface area contributed by atoms with Gasteiger partial charge in [-0.25, -0.2) is 8.78 Å². The highest BCUT2D eigenvalue weighted by atomic mass is 32.2. The molecule has 0 saturated heterocycles. The van der Waals surface area contributed by atoms with Crippen molar-refractivity contribution in [3.63, 3.8) is 0 Å². The molecule has 2 aliphatic rings. The van der Waals surface area contributed by atoms with E-state index in [1.807, 2.05) is 0 Å². The van der Waals surface area contributed by atoms with E-state index in [4.69, 9.17) is 32.9 Å². The molecule has 0 bridgehead atoms. The summed E-state index contributed by atoms with van der Waals surface area (Å²) in [5, 5.41) is -1.52. The normalized spacial score (nSPS) is 21.1. The van der Waals surface area contributed by atoms with Crippen LogP contribution in [0.3, 0.4) is 0 Å². The van der Waals surface area contributed by atoms with E-state index >= 15 is 9.59 Å². The first-order valence-corrected chi connectivity index (χ1v) is 31.4. The highest BCUT2D eigenvalue weighted by Gasteiger charge is 2.33. The maximum Gasteiger partial charge on any atom is 0.416 e. The van der Waals surface area contributed by atoms with Gasteiger partial charge in [0.25, 0.3) is 11.1 Å². The van der Waals surface area contributed by atoms with Crippen LogP contribution in [0.5, 0.6) is 0 Å². The molecule has 2 aliphatic carbocycles. The highest BCUT2D eigenvalue weighted by molar-refractivity contribution is 7.98. The van der Waals surface area contributed by atoms with Crippen LogP contribution in [0.2, 0.25) is 0 Å². The largest absolute Gasteiger partial charge is 0.416 e. The smallest absolute Gasteiger partial charge is 0.336 e. The van der Waals surface area contributed by atoms with E-state index in [0.29, 0.717) is 27.5 Å². The summed E-state index contributed by atoms with van der Waals surface area (Å²) in [6.45, 7) is -15.7. The second-order valence-corrected chi connectivity index (χ2v) is 22.7. The number of hydrogen-bond acceptors (Lipinski definition) is 10. The summed E-state index contributed by atoms with van der Waals surface area (Å²) in [6, 6.07) is -6.58. The quantitative estimate of drug-likeness (QED) is 0.0295. The average molecular weight is 1390 g/mol. The summed E-state index contributed by atoms with van der Waals surface area (Å²) >= 11 is 0.711. The lowest BCUT2D eigenvalue weighted by atomic mass is 9.98. The Hall–Kier alpha value is -7.92. The number of likely N-dealkylation sites (N-methyl/N-ethyl adjacent to an activating group) is 2. The number of halogens is 8. The van der Waals surface area contributed by atoms with Crippen molar-refractivity contribution >= 4 is 35.3 Å². The van der Waals surface area contributed by atoms with Crippen LogP contribution in [0.15, 0.2) is 159 Å². The molecule has 1 unspecified atom stereocenters. The summed E-state index contributed by atoms with van der Waals surface area (Å²) in [7, 11) is 0. The van der Waals surface area contributed by atoms with Gasteiger partial charge in [0.05, 0.1) is 42.7 Å². The van der Waals surface area contributed by atoms with E-state index in [-0.39, 0.29) is 94.0 Å². The van der Waals surface area contributed by atoms with Crippen molar-refractivity contribution in [3.05, 3.63) is 233 Å². The van der Waals surface area contributed by atoms with Gasteiger partial charge in [-0.3, -0.25) is 19.2 Å². The zero-order valence-corrected chi connectivity index (χ0v) is 53.6. The van der Waals surface area contributed by atoms with Crippen LogP contribution in [-0.2, 0) is 85.1 Å². The molecule has 0 fully saturated rings. The van der Waals surface area contributed by atoms with Crippen molar-refractivity contribution < 1.29 is 88.6 Å². The fourth-order valence-corrected chi connectivity index (χ4v) is 10.9. The van der Waals surface area contributed by atoms with Crippen molar-refractivity contribution in [1.29, 1.82) is 0 Å². The molecule has 508 valence electrons. The van der Waals surface area contributed by atoms with E-state index in [1.165, 1.54) is 64.1 Å². The molecule has 12 nitrogen and oxygen atoms in total. The molecule has 0 saturated carbocycles. The molecule has 8 aromatic rings. The van der Waals surface area contributed by atoms with Gasteiger partial charge in [-0.15, -0.1) is 0 Å². The Balaban J connectivity index is 0.000000289. The monoisotopic (exact) mass is 1390 g/mol. The number of hydrogen-bond donors (Lipinski definition) is 0. The minimum absolute atomic E-state index is 0.0277. The fraction of sp³-hybridized carbons (Fsp3) is 0.378. The second-order valence-electron chi connectivity index (χ2n) is 20.8. The van der Waals surface area contributed by atoms with Gasteiger partial charge in [-0.2, -0.15) is 36.3 Å². The predicted molar refractivity (Wildman–Crippen MR) is 362 cm³/mol.